The number of nitrogens with zero attached hydrogens (tertiary/aromatic N) is 3. The van der Waals surface area contributed by atoms with Gasteiger partial charge in [0.25, 0.3) is 5.96 Å². The quantitative estimate of drug-likeness (QED) is 0.459. The van der Waals surface area contributed by atoms with Crippen LogP contribution in [-0.4, -0.2) is 38.8 Å². The molecule has 4 N–H and O–H groups in total. The average Bonchev–Trinajstić information content (AvgIpc) is 2.35. The van der Waals surface area contributed by atoms with Crippen molar-refractivity contribution in [3.05, 3.63) is 29.5 Å². The zero-order chi connectivity index (χ0) is 14.4. The van der Waals surface area contributed by atoms with Crippen LogP contribution < -0.4 is 9.82 Å². The van der Waals surface area contributed by atoms with E-state index in [9.17, 15) is 20.6 Å². The summed E-state index contributed by atoms with van der Waals surface area (Å²) in [7, 11) is 0. The van der Waals surface area contributed by atoms with E-state index in [4.69, 9.17) is 5.41 Å². The summed E-state index contributed by atoms with van der Waals surface area (Å²) in [5.74, 6) is -0.607. The fourth-order valence-corrected chi connectivity index (χ4v) is 2.19. The highest BCUT2D eigenvalue weighted by molar-refractivity contribution is 5.98. The zero-order valence-corrected chi connectivity index (χ0v) is 10.6. The number of rotatable bonds is 2. The fourth-order valence-electron chi connectivity index (χ4n) is 2.19. The molecule has 1 aliphatic rings. The van der Waals surface area contributed by atoms with Crippen molar-refractivity contribution in [1.82, 2.24) is 9.76 Å². The highest BCUT2D eigenvalue weighted by Gasteiger charge is 2.47. The Morgan fingerprint density at radius 1 is 1.26 bits per heavy atom. The van der Waals surface area contributed by atoms with Crippen LogP contribution in [0.2, 0.25) is 0 Å². The molecule has 0 aliphatic carbocycles. The van der Waals surface area contributed by atoms with Crippen molar-refractivity contribution in [1.29, 1.82) is 5.41 Å². The molecule has 1 aliphatic heterocycles. The summed E-state index contributed by atoms with van der Waals surface area (Å²) in [6, 6.07) is 6.06. The molecule has 0 saturated heterocycles. The molecule has 1 heterocycles. The SMILES string of the molecule is CC(O)N1C(=N)N(O)c2ccccc2[N+]1([O-])C(C)O. The molecule has 0 spiro atoms. The number of hydrogen-bond donors (Lipinski definition) is 4. The minimum Gasteiger partial charge on any atom is -0.599 e. The predicted octanol–water partition coefficient (Wildman–Crippen LogP) is 0.529. The van der Waals surface area contributed by atoms with E-state index in [0.717, 1.165) is 0 Å². The number of hydroxylamine groups is 2. The van der Waals surface area contributed by atoms with Gasteiger partial charge in [-0.1, -0.05) is 12.1 Å². The Labute approximate surface area is 109 Å². The summed E-state index contributed by atoms with van der Waals surface area (Å²) in [4.78, 5) is 0. The first-order valence-corrected chi connectivity index (χ1v) is 5.74. The van der Waals surface area contributed by atoms with Crippen LogP contribution in [0.3, 0.4) is 0 Å². The maximum Gasteiger partial charge on any atom is 0.273 e. The van der Waals surface area contributed by atoms with Gasteiger partial charge in [-0.2, -0.15) is 14.8 Å². The van der Waals surface area contributed by atoms with Crippen LogP contribution in [0.25, 0.3) is 0 Å². The molecule has 0 amide bonds. The highest BCUT2D eigenvalue weighted by atomic mass is 16.7. The lowest BCUT2D eigenvalue weighted by molar-refractivity contribution is -0.121. The molecule has 1 aromatic rings. The Hall–Kier alpha value is -1.71. The number of quaternary nitrogens is 1. The van der Waals surface area contributed by atoms with Crippen LogP contribution in [0, 0.1) is 10.6 Å². The number of nitrogens with one attached hydrogen (secondary N) is 1. The van der Waals surface area contributed by atoms with Crippen LogP contribution >= 0.6 is 0 Å². The number of para-hydroxylation sites is 2. The first-order chi connectivity index (χ1) is 8.81. The predicted molar refractivity (Wildman–Crippen MR) is 68.8 cm³/mol. The van der Waals surface area contributed by atoms with Gasteiger partial charge in [0.05, 0.1) is 0 Å². The van der Waals surface area contributed by atoms with Gasteiger partial charge in [0, 0.05) is 13.0 Å². The summed E-state index contributed by atoms with van der Waals surface area (Å²) >= 11 is 0. The van der Waals surface area contributed by atoms with E-state index in [1.54, 1.807) is 12.1 Å². The highest BCUT2D eigenvalue weighted by Crippen LogP contribution is 2.41. The first-order valence-electron chi connectivity index (χ1n) is 5.74. The van der Waals surface area contributed by atoms with Crippen LogP contribution in [0.1, 0.15) is 13.8 Å². The van der Waals surface area contributed by atoms with E-state index in [-0.39, 0.29) is 11.4 Å². The molecule has 0 saturated carbocycles. The second-order valence-corrected chi connectivity index (χ2v) is 4.36. The monoisotopic (exact) mass is 268 g/mol. The third-order valence-corrected chi connectivity index (χ3v) is 3.05. The van der Waals surface area contributed by atoms with Crippen LogP contribution in [0.15, 0.2) is 24.3 Å². The molecule has 0 aromatic heterocycles. The summed E-state index contributed by atoms with van der Waals surface area (Å²) in [6.07, 6.45) is -2.81. The standard InChI is InChI=1S/C11H16N4O4/c1-7(16)13-11(12)14(18)9-5-3-4-6-10(9)15(13,19)8(2)17/h3-8,12,16-18H,1-2H3. The molecular formula is C11H16N4O4. The van der Waals surface area contributed by atoms with Crippen molar-refractivity contribution in [2.45, 2.75) is 26.3 Å². The van der Waals surface area contributed by atoms with Gasteiger partial charge in [-0.15, -0.1) is 0 Å². The van der Waals surface area contributed by atoms with Crippen molar-refractivity contribution in [3.63, 3.8) is 0 Å². The second-order valence-electron chi connectivity index (χ2n) is 4.36. The van der Waals surface area contributed by atoms with Gasteiger partial charge < -0.3 is 15.4 Å². The van der Waals surface area contributed by atoms with Crippen molar-refractivity contribution >= 4 is 17.3 Å². The summed E-state index contributed by atoms with van der Waals surface area (Å²) in [5.41, 5.74) is 0.136. The van der Waals surface area contributed by atoms with E-state index in [1.807, 2.05) is 0 Å². The van der Waals surface area contributed by atoms with Gasteiger partial charge >= 0.3 is 0 Å². The Balaban J connectivity index is 2.72. The molecule has 3 unspecified atom stereocenters. The van der Waals surface area contributed by atoms with Gasteiger partial charge in [0.2, 0.25) is 6.23 Å². The van der Waals surface area contributed by atoms with E-state index < -0.39 is 23.2 Å². The molecule has 2 rings (SSSR count). The minimum atomic E-state index is -1.45. The summed E-state index contributed by atoms with van der Waals surface area (Å²) in [6.45, 7) is 2.54. The maximum atomic E-state index is 12.9. The van der Waals surface area contributed by atoms with Gasteiger partial charge in [-0.05, 0) is 13.0 Å². The van der Waals surface area contributed by atoms with Crippen LogP contribution in [-0.2, 0) is 0 Å². The lowest BCUT2D eigenvalue weighted by Gasteiger charge is -2.55. The number of aliphatic hydroxyl groups is 2. The third-order valence-electron chi connectivity index (χ3n) is 3.05. The van der Waals surface area contributed by atoms with Crippen LogP contribution in [0.4, 0.5) is 11.4 Å². The molecule has 19 heavy (non-hydrogen) atoms. The Bertz CT molecular complexity index is 507. The van der Waals surface area contributed by atoms with Crippen molar-refractivity contribution in [3.8, 4) is 0 Å². The number of hydrogen-bond acceptors (Lipinski definition) is 5. The largest absolute Gasteiger partial charge is 0.599 e. The Morgan fingerprint density at radius 3 is 2.37 bits per heavy atom. The van der Waals surface area contributed by atoms with Crippen LogP contribution in [0.5, 0.6) is 0 Å². The van der Waals surface area contributed by atoms with Gasteiger partial charge in [-0.25, -0.2) is 0 Å². The number of aliphatic hydroxyl groups excluding tert-OH is 2. The van der Waals surface area contributed by atoms with Crippen molar-refractivity contribution in [2.75, 3.05) is 5.06 Å². The molecule has 0 radical (unpaired) electrons. The number of guanidine groups is 1. The number of benzene rings is 1. The lowest BCUT2D eigenvalue weighted by Crippen LogP contribution is -2.71. The Morgan fingerprint density at radius 2 is 1.84 bits per heavy atom. The fraction of sp³-hybridized carbons (Fsp3) is 0.364. The van der Waals surface area contributed by atoms with E-state index >= 15 is 0 Å². The normalized spacial score (nSPS) is 26.1. The topological polar surface area (TPSA) is 114 Å². The second kappa shape index (κ2) is 4.44. The van der Waals surface area contributed by atoms with Gasteiger partial charge in [0.15, 0.2) is 11.9 Å². The molecule has 0 bridgehead atoms. The first kappa shape index (κ1) is 13.7. The molecule has 8 nitrogen and oxygen atoms in total. The Kier molecular flexibility index (Phi) is 3.20. The molecule has 0 fully saturated rings. The number of fused-ring (bicyclic) bond motifs is 1. The number of anilines is 1. The summed E-state index contributed by atoms with van der Waals surface area (Å²) in [5, 5.41) is 51.3. The molecule has 3 atom stereocenters. The van der Waals surface area contributed by atoms with E-state index in [1.165, 1.54) is 26.0 Å². The van der Waals surface area contributed by atoms with Gasteiger partial charge in [-0.3, -0.25) is 10.6 Å². The molecule has 8 heteroatoms. The van der Waals surface area contributed by atoms with E-state index in [0.29, 0.717) is 10.1 Å². The van der Waals surface area contributed by atoms with Crippen molar-refractivity contribution in [2.24, 2.45) is 0 Å². The third kappa shape index (κ3) is 1.78. The summed E-state index contributed by atoms with van der Waals surface area (Å²) < 4.78 is -1.45. The average molecular weight is 268 g/mol. The molecule has 104 valence electrons. The molecular weight excluding hydrogens is 252 g/mol. The minimum absolute atomic E-state index is 0.0388. The lowest BCUT2D eigenvalue weighted by atomic mass is 10.2. The zero-order valence-electron chi connectivity index (χ0n) is 10.6. The smallest absolute Gasteiger partial charge is 0.273 e. The van der Waals surface area contributed by atoms with E-state index in [2.05, 4.69) is 0 Å². The van der Waals surface area contributed by atoms with Crippen molar-refractivity contribution < 1.29 is 15.4 Å². The molecule has 1 aromatic carbocycles. The van der Waals surface area contributed by atoms with Gasteiger partial charge in [0.1, 0.15) is 5.69 Å². The maximum absolute atomic E-state index is 12.9.